The van der Waals surface area contributed by atoms with E-state index in [0.29, 0.717) is 17.0 Å². The summed E-state index contributed by atoms with van der Waals surface area (Å²) in [6, 6.07) is 14.5. The number of halogens is 1. The number of carbonyl (C=O) groups excluding carboxylic acids is 3. The highest BCUT2D eigenvalue weighted by Crippen LogP contribution is 2.46. The predicted octanol–water partition coefficient (Wildman–Crippen LogP) is 3.97. The molecule has 2 aromatic rings. The lowest BCUT2D eigenvalue weighted by atomic mass is 9.92. The highest BCUT2D eigenvalue weighted by atomic mass is 35.5. The van der Waals surface area contributed by atoms with E-state index in [1.54, 1.807) is 24.3 Å². The maximum absolute atomic E-state index is 13.3. The normalized spacial score (nSPS) is 20.1. The van der Waals surface area contributed by atoms with Crippen molar-refractivity contribution >= 4 is 29.2 Å². The first-order valence-corrected chi connectivity index (χ1v) is 12.1. The number of aliphatic hydroxyl groups excluding tert-OH is 1. The lowest BCUT2D eigenvalue weighted by Crippen LogP contribution is -2.55. The van der Waals surface area contributed by atoms with E-state index in [-0.39, 0.29) is 29.4 Å². The zero-order valence-corrected chi connectivity index (χ0v) is 20.8. The van der Waals surface area contributed by atoms with Gasteiger partial charge in [-0.2, -0.15) is 0 Å². The van der Waals surface area contributed by atoms with Gasteiger partial charge in [-0.25, -0.2) is 0 Å². The third-order valence-electron chi connectivity index (χ3n) is 6.22. The number of hydrogen-bond acceptors (Lipinski definition) is 4. The molecule has 0 heterocycles. The molecule has 0 radical (unpaired) electrons. The van der Waals surface area contributed by atoms with Crippen LogP contribution in [-0.2, 0) is 9.59 Å². The van der Waals surface area contributed by atoms with Crippen LogP contribution in [0.4, 0.5) is 0 Å². The molecule has 2 amide bonds. The van der Waals surface area contributed by atoms with Crippen LogP contribution in [0.3, 0.4) is 0 Å². The van der Waals surface area contributed by atoms with Gasteiger partial charge in [-0.3, -0.25) is 14.4 Å². The molecule has 3 rings (SSSR count). The summed E-state index contributed by atoms with van der Waals surface area (Å²) in [5.41, 5.74) is 1.24. The largest absolute Gasteiger partial charge is 0.390 e. The van der Waals surface area contributed by atoms with Gasteiger partial charge in [-0.15, -0.1) is 0 Å². The Morgan fingerprint density at radius 3 is 2.26 bits per heavy atom. The third-order valence-corrected chi connectivity index (χ3v) is 6.46. The fraction of sp³-hybridized carbons (Fsp3) is 0.444. The minimum Gasteiger partial charge on any atom is -0.390 e. The fourth-order valence-electron chi connectivity index (χ4n) is 4.37. The summed E-state index contributed by atoms with van der Waals surface area (Å²) in [4.78, 5) is 38.6. The minimum atomic E-state index is -1.02. The van der Waals surface area contributed by atoms with E-state index >= 15 is 0 Å². The molecule has 2 unspecified atom stereocenters. The molecule has 1 fully saturated rings. The van der Waals surface area contributed by atoms with Gasteiger partial charge in [0.15, 0.2) is 0 Å². The van der Waals surface area contributed by atoms with E-state index in [1.807, 2.05) is 58.0 Å². The van der Waals surface area contributed by atoms with Gasteiger partial charge in [0.25, 0.3) is 5.91 Å². The van der Waals surface area contributed by atoms with Crippen molar-refractivity contribution in [1.29, 1.82) is 0 Å². The number of carbonyl (C=O) groups is 3. The lowest BCUT2D eigenvalue weighted by molar-refractivity contribution is -0.126. The Hall–Kier alpha value is -2.70. The summed E-state index contributed by atoms with van der Waals surface area (Å²) in [7, 11) is 0. The molecule has 7 heteroatoms. The maximum Gasteiger partial charge on any atom is 0.251 e. The Kier molecular flexibility index (Phi) is 8.50. The molecule has 1 saturated carbocycles. The zero-order valence-electron chi connectivity index (χ0n) is 20.0. The second-order valence-corrected chi connectivity index (χ2v) is 10.2. The van der Waals surface area contributed by atoms with Gasteiger partial charge in [0.2, 0.25) is 5.91 Å². The van der Waals surface area contributed by atoms with Crippen molar-refractivity contribution < 1.29 is 19.5 Å². The molecule has 6 nitrogen and oxygen atoms in total. The second kappa shape index (κ2) is 11.2. The number of ketones is 1. The van der Waals surface area contributed by atoms with Crippen molar-refractivity contribution in [2.45, 2.75) is 58.2 Å². The molecule has 0 spiro atoms. The first-order valence-electron chi connectivity index (χ1n) is 11.7. The van der Waals surface area contributed by atoms with Crippen molar-refractivity contribution in [1.82, 2.24) is 10.6 Å². The van der Waals surface area contributed by atoms with Crippen LogP contribution in [0.15, 0.2) is 54.6 Å². The van der Waals surface area contributed by atoms with E-state index in [9.17, 15) is 19.5 Å². The fourth-order valence-corrected chi connectivity index (χ4v) is 4.56. The molecule has 1 aliphatic carbocycles. The standard InChI is InChI=1S/C27H33ClN2O4/c1-15(2)13-20(29-26(33)18-11-8-12-19(28)14-18)27(34)30-23(16(3)4)25(32)22-21(24(22)31)17-9-6-5-7-10-17/h5-12,14-16,20-23,25,32H,13H2,1-4H3,(H,29,33)(H,30,34)/t20-,21?,22?,23-,25-/m0/s1. The van der Waals surface area contributed by atoms with Gasteiger partial charge < -0.3 is 15.7 Å². The van der Waals surface area contributed by atoms with E-state index in [0.717, 1.165) is 5.56 Å². The Morgan fingerprint density at radius 1 is 1.00 bits per heavy atom. The van der Waals surface area contributed by atoms with Crippen LogP contribution in [0.2, 0.25) is 5.02 Å². The van der Waals surface area contributed by atoms with Crippen molar-refractivity contribution in [3.63, 3.8) is 0 Å². The number of aliphatic hydroxyl groups is 1. The third kappa shape index (κ3) is 6.24. The molecular formula is C27H33ClN2O4. The van der Waals surface area contributed by atoms with Gasteiger partial charge in [0, 0.05) is 10.6 Å². The molecule has 2 aromatic carbocycles. The Bertz CT molecular complexity index is 1020. The first kappa shape index (κ1) is 25.9. The Labute approximate surface area is 206 Å². The van der Waals surface area contributed by atoms with E-state index in [4.69, 9.17) is 11.6 Å². The molecule has 0 aliphatic heterocycles. The smallest absolute Gasteiger partial charge is 0.251 e. The molecular weight excluding hydrogens is 452 g/mol. The average molecular weight is 485 g/mol. The van der Waals surface area contributed by atoms with Crippen LogP contribution < -0.4 is 10.6 Å². The second-order valence-electron chi connectivity index (χ2n) is 9.75. The van der Waals surface area contributed by atoms with Crippen molar-refractivity contribution in [3.8, 4) is 0 Å². The van der Waals surface area contributed by atoms with Crippen LogP contribution in [0.1, 0.15) is 56.0 Å². The summed E-state index contributed by atoms with van der Waals surface area (Å²) in [5.74, 6) is -1.69. The predicted molar refractivity (Wildman–Crippen MR) is 133 cm³/mol. The van der Waals surface area contributed by atoms with Gasteiger partial charge in [0.1, 0.15) is 11.8 Å². The number of Topliss-reactive ketones (excluding diaryl/α,β-unsaturated/α-hetero) is 1. The molecule has 0 saturated heterocycles. The number of benzene rings is 2. The van der Waals surface area contributed by atoms with Crippen molar-refractivity contribution in [2.75, 3.05) is 0 Å². The van der Waals surface area contributed by atoms with Crippen LogP contribution in [0.25, 0.3) is 0 Å². The number of hydrogen-bond donors (Lipinski definition) is 3. The summed E-state index contributed by atoms with van der Waals surface area (Å²) in [6.45, 7) is 7.71. The van der Waals surface area contributed by atoms with Gasteiger partial charge in [-0.1, -0.05) is 75.7 Å². The molecule has 5 atom stereocenters. The molecule has 182 valence electrons. The van der Waals surface area contributed by atoms with Crippen molar-refractivity contribution in [2.24, 2.45) is 17.8 Å². The van der Waals surface area contributed by atoms with E-state index in [2.05, 4.69) is 10.6 Å². The van der Waals surface area contributed by atoms with Crippen LogP contribution in [0, 0.1) is 17.8 Å². The summed E-state index contributed by atoms with van der Waals surface area (Å²) < 4.78 is 0. The SMILES string of the molecule is CC(C)C[C@H](NC(=O)c1cccc(Cl)c1)C(=O)N[C@@H](C(C)C)[C@@H](O)C1C(=O)C1c1ccccc1. The molecule has 1 aliphatic rings. The van der Waals surface area contributed by atoms with Gasteiger partial charge >= 0.3 is 0 Å². The maximum atomic E-state index is 13.3. The molecule has 0 aromatic heterocycles. The lowest BCUT2D eigenvalue weighted by Gasteiger charge is -2.30. The summed E-state index contributed by atoms with van der Waals surface area (Å²) >= 11 is 6.00. The van der Waals surface area contributed by atoms with Gasteiger partial charge in [-0.05, 0) is 42.0 Å². The molecule has 34 heavy (non-hydrogen) atoms. The monoisotopic (exact) mass is 484 g/mol. The zero-order chi connectivity index (χ0) is 25.0. The number of rotatable bonds is 10. The first-order chi connectivity index (χ1) is 16.1. The number of nitrogens with one attached hydrogen (secondary N) is 2. The Balaban J connectivity index is 1.72. The minimum absolute atomic E-state index is 0.0217. The summed E-state index contributed by atoms with van der Waals surface area (Å²) in [5, 5.41) is 17.2. The van der Waals surface area contributed by atoms with E-state index < -0.39 is 30.0 Å². The van der Waals surface area contributed by atoms with Gasteiger partial charge in [0.05, 0.1) is 24.0 Å². The van der Waals surface area contributed by atoms with Crippen LogP contribution >= 0.6 is 11.6 Å². The van der Waals surface area contributed by atoms with Crippen LogP contribution in [-0.4, -0.2) is 40.9 Å². The average Bonchev–Trinajstić information content (AvgIpc) is 3.47. The molecule has 0 bridgehead atoms. The topological polar surface area (TPSA) is 95.5 Å². The Morgan fingerprint density at radius 2 is 1.68 bits per heavy atom. The number of amides is 2. The van der Waals surface area contributed by atoms with Crippen LogP contribution in [0.5, 0.6) is 0 Å². The quantitative estimate of drug-likeness (QED) is 0.475. The molecule has 3 N–H and O–H groups in total. The van der Waals surface area contributed by atoms with Crippen molar-refractivity contribution in [3.05, 3.63) is 70.7 Å². The highest BCUT2D eigenvalue weighted by molar-refractivity contribution is 6.31. The summed E-state index contributed by atoms with van der Waals surface area (Å²) in [6.07, 6.45) is -0.599. The highest BCUT2D eigenvalue weighted by Gasteiger charge is 2.56. The van der Waals surface area contributed by atoms with E-state index in [1.165, 1.54) is 0 Å².